The van der Waals surface area contributed by atoms with Crippen molar-refractivity contribution in [2.75, 3.05) is 60.2 Å². The molecule has 38 heavy (non-hydrogen) atoms. The van der Waals surface area contributed by atoms with Crippen LogP contribution in [0.1, 0.15) is 36.3 Å². The van der Waals surface area contributed by atoms with Gasteiger partial charge in [-0.3, -0.25) is 4.79 Å². The molecule has 11 nitrogen and oxygen atoms in total. The number of aromatic amines is 1. The van der Waals surface area contributed by atoms with Crippen LogP contribution in [-0.2, 0) is 0 Å². The molecule has 1 unspecified atom stereocenters. The number of amides is 1. The second-order valence-corrected chi connectivity index (χ2v) is 9.92. The minimum Gasteiger partial charge on any atom is -0.367 e. The normalized spacial score (nSPS) is 18.5. The van der Waals surface area contributed by atoms with Crippen molar-refractivity contribution in [2.45, 2.75) is 31.7 Å². The van der Waals surface area contributed by atoms with Crippen molar-refractivity contribution in [3.8, 4) is 11.4 Å². The fourth-order valence-electron chi connectivity index (χ4n) is 5.14. The number of nitrogens with two attached hydrogens (primary N) is 2. The third-order valence-corrected chi connectivity index (χ3v) is 7.27. The summed E-state index contributed by atoms with van der Waals surface area (Å²) in [6, 6.07) is 6.65. The van der Waals surface area contributed by atoms with Gasteiger partial charge >= 0.3 is 0 Å². The molecule has 0 radical (unpaired) electrons. The van der Waals surface area contributed by atoms with Gasteiger partial charge in [0.25, 0.3) is 5.91 Å². The largest absolute Gasteiger partial charge is 0.367 e. The van der Waals surface area contributed by atoms with Crippen LogP contribution in [0.3, 0.4) is 0 Å². The minimum atomic E-state index is -0.468. The Bertz CT molecular complexity index is 1270. The predicted molar refractivity (Wildman–Crippen MR) is 147 cm³/mol. The molecule has 1 aromatic carbocycles. The van der Waals surface area contributed by atoms with E-state index in [0.29, 0.717) is 60.8 Å². The summed E-state index contributed by atoms with van der Waals surface area (Å²) in [5, 5.41) is 5.83. The van der Waals surface area contributed by atoms with Crippen LogP contribution in [0.5, 0.6) is 0 Å². The third kappa shape index (κ3) is 5.55. The number of hydrogen-bond acceptors (Lipinski definition) is 9. The lowest BCUT2D eigenvalue weighted by Crippen LogP contribution is -2.43. The molecule has 1 atom stereocenters. The lowest BCUT2D eigenvalue weighted by Gasteiger charge is -2.34. The van der Waals surface area contributed by atoms with Gasteiger partial charge in [-0.15, -0.1) is 0 Å². The topological polar surface area (TPSA) is 154 Å². The van der Waals surface area contributed by atoms with Crippen molar-refractivity contribution in [3.05, 3.63) is 42.1 Å². The van der Waals surface area contributed by atoms with Crippen molar-refractivity contribution in [3.63, 3.8) is 0 Å². The molecule has 1 amide bonds. The molecule has 0 saturated carbocycles. The van der Waals surface area contributed by atoms with Crippen molar-refractivity contribution in [1.29, 1.82) is 0 Å². The van der Waals surface area contributed by atoms with E-state index in [0.717, 1.165) is 38.0 Å². The molecule has 0 bridgehead atoms. The predicted octanol–water partition coefficient (Wildman–Crippen LogP) is 2.40. The summed E-state index contributed by atoms with van der Waals surface area (Å²) >= 11 is 0. The van der Waals surface area contributed by atoms with E-state index in [1.165, 1.54) is 6.07 Å². The Labute approximate surface area is 221 Å². The zero-order valence-electron chi connectivity index (χ0n) is 21.6. The Morgan fingerprint density at radius 2 is 1.95 bits per heavy atom. The lowest BCUT2D eigenvalue weighted by molar-refractivity contribution is 0.101. The van der Waals surface area contributed by atoms with Crippen LogP contribution < -0.4 is 31.9 Å². The van der Waals surface area contributed by atoms with Gasteiger partial charge < -0.3 is 36.9 Å². The first-order valence-corrected chi connectivity index (χ1v) is 13.1. The SMILES string of the molecule is CNc1nc(-c2c[nH]c(C(=O)Nc3cccc(F)c3N3CCC(CN)CC3)n2)cc(N2CCCC(N)C2)n1. The number of imidazole rings is 1. The molecule has 2 saturated heterocycles. The van der Waals surface area contributed by atoms with Crippen LogP contribution in [0.4, 0.5) is 27.5 Å². The second-order valence-electron chi connectivity index (χ2n) is 9.92. The van der Waals surface area contributed by atoms with Gasteiger partial charge in [0, 0.05) is 51.5 Å². The van der Waals surface area contributed by atoms with E-state index in [1.807, 2.05) is 11.0 Å². The van der Waals surface area contributed by atoms with E-state index in [-0.39, 0.29) is 17.7 Å². The molecule has 2 fully saturated rings. The van der Waals surface area contributed by atoms with E-state index in [2.05, 4.69) is 35.5 Å². The summed E-state index contributed by atoms with van der Waals surface area (Å²) in [5.41, 5.74) is 13.8. The number of para-hydroxylation sites is 1. The molecule has 12 heteroatoms. The van der Waals surface area contributed by atoms with Gasteiger partial charge in [-0.25, -0.2) is 14.4 Å². The second kappa shape index (κ2) is 11.3. The van der Waals surface area contributed by atoms with Crippen LogP contribution in [0.15, 0.2) is 30.5 Å². The van der Waals surface area contributed by atoms with E-state index in [1.54, 1.807) is 25.4 Å². The van der Waals surface area contributed by atoms with Gasteiger partial charge in [0.2, 0.25) is 5.95 Å². The monoisotopic (exact) mass is 522 g/mol. The number of H-pyrrole nitrogens is 1. The lowest BCUT2D eigenvalue weighted by atomic mass is 9.96. The molecule has 2 aliphatic heterocycles. The summed E-state index contributed by atoms with van der Waals surface area (Å²) in [5.74, 6) is 0.905. The van der Waals surface area contributed by atoms with E-state index in [4.69, 9.17) is 11.5 Å². The molecule has 4 heterocycles. The van der Waals surface area contributed by atoms with Crippen LogP contribution in [0.25, 0.3) is 11.4 Å². The highest BCUT2D eigenvalue weighted by molar-refractivity contribution is 6.04. The van der Waals surface area contributed by atoms with E-state index in [9.17, 15) is 9.18 Å². The maximum absolute atomic E-state index is 14.9. The summed E-state index contributed by atoms with van der Waals surface area (Å²) in [6.07, 6.45) is 5.39. The van der Waals surface area contributed by atoms with E-state index < -0.39 is 5.91 Å². The van der Waals surface area contributed by atoms with Gasteiger partial charge in [0.05, 0.1) is 17.1 Å². The Kier molecular flexibility index (Phi) is 7.70. The van der Waals surface area contributed by atoms with Crippen LogP contribution in [0, 0.1) is 11.7 Å². The van der Waals surface area contributed by atoms with Crippen molar-refractivity contribution < 1.29 is 9.18 Å². The summed E-state index contributed by atoms with van der Waals surface area (Å²) in [7, 11) is 1.75. The van der Waals surface area contributed by atoms with E-state index >= 15 is 0 Å². The smallest absolute Gasteiger partial charge is 0.291 e. The highest BCUT2D eigenvalue weighted by Crippen LogP contribution is 2.33. The van der Waals surface area contributed by atoms with Gasteiger partial charge in [-0.1, -0.05) is 6.07 Å². The number of nitrogens with one attached hydrogen (secondary N) is 3. The Balaban J connectivity index is 1.35. The number of piperidine rings is 2. The van der Waals surface area contributed by atoms with Crippen molar-refractivity contribution in [2.24, 2.45) is 17.4 Å². The number of halogens is 1. The van der Waals surface area contributed by atoms with Gasteiger partial charge in [-0.2, -0.15) is 4.98 Å². The molecule has 7 N–H and O–H groups in total. The quantitative estimate of drug-likeness (QED) is 0.315. The molecular formula is C26H35FN10O. The molecule has 2 aromatic heterocycles. The van der Waals surface area contributed by atoms with Crippen molar-refractivity contribution >= 4 is 29.0 Å². The molecule has 2 aliphatic rings. The molecule has 5 rings (SSSR count). The van der Waals surface area contributed by atoms with Crippen molar-refractivity contribution in [1.82, 2.24) is 19.9 Å². The molecule has 3 aromatic rings. The average molecular weight is 523 g/mol. The molecule has 202 valence electrons. The first kappa shape index (κ1) is 25.9. The van der Waals surface area contributed by atoms with Crippen LogP contribution in [-0.4, -0.2) is 71.7 Å². The Morgan fingerprint density at radius 3 is 2.68 bits per heavy atom. The van der Waals surface area contributed by atoms with Gasteiger partial charge in [0.15, 0.2) is 5.82 Å². The highest BCUT2D eigenvalue weighted by Gasteiger charge is 2.25. The Hall–Kier alpha value is -3.77. The Morgan fingerprint density at radius 1 is 1.13 bits per heavy atom. The number of nitrogens with zero attached hydrogens (tertiary/aromatic N) is 5. The zero-order valence-corrected chi connectivity index (χ0v) is 21.6. The number of benzene rings is 1. The summed E-state index contributed by atoms with van der Waals surface area (Å²) in [6.45, 7) is 3.57. The average Bonchev–Trinajstić information content (AvgIpc) is 3.44. The summed E-state index contributed by atoms with van der Waals surface area (Å²) < 4.78 is 14.9. The van der Waals surface area contributed by atoms with Gasteiger partial charge in [0.1, 0.15) is 17.3 Å². The number of carbonyl (C=O) groups is 1. The first-order chi connectivity index (χ1) is 18.4. The molecule has 0 spiro atoms. The fourth-order valence-corrected chi connectivity index (χ4v) is 5.14. The third-order valence-electron chi connectivity index (χ3n) is 7.27. The molecule has 0 aliphatic carbocycles. The zero-order chi connectivity index (χ0) is 26.6. The number of anilines is 4. The number of hydrogen-bond donors (Lipinski definition) is 5. The van der Waals surface area contributed by atoms with Crippen LogP contribution in [0.2, 0.25) is 0 Å². The standard InChI is InChI=1S/C26H35FN10O/c1-30-26-34-20(12-22(35-26)37-9-3-4-17(29)15-37)21-14-31-24(32-21)25(38)33-19-6-2-5-18(27)23(19)36-10-7-16(13-28)8-11-36/h2,5-6,12,14,16-17H,3-4,7-11,13,15,28-29H2,1H3,(H,31,32)(H,33,38)(H,30,34,35). The number of rotatable bonds is 7. The maximum Gasteiger partial charge on any atom is 0.291 e. The molecular weight excluding hydrogens is 487 g/mol. The summed E-state index contributed by atoms with van der Waals surface area (Å²) in [4.78, 5) is 33.8. The van der Waals surface area contributed by atoms with Crippen LogP contribution >= 0.6 is 0 Å². The maximum atomic E-state index is 14.9. The highest BCUT2D eigenvalue weighted by atomic mass is 19.1. The number of carbonyl (C=O) groups excluding carboxylic acids is 1. The first-order valence-electron chi connectivity index (χ1n) is 13.1. The minimum absolute atomic E-state index is 0.0978. The number of aromatic nitrogens is 4. The fraction of sp³-hybridized carbons (Fsp3) is 0.462. The van der Waals surface area contributed by atoms with Gasteiger partial charge in [-0.05, 0) is 50.3 Å².